The number of hydrogen-bond donors (Lipinski definition) is 1. The average Bonchev–Trinajstić information content (AvgIpc) is 2.57. The van der Waals surface area contributed by atoms with E-state index >= 15 is 0 Å². The molecule has 2 aromatic carbocycles. The number of nitrogens with zero attached hydrogens (tertiary/aromatic N) is 2. The summed E-state index contributed by atoms with van der Waals surface area (Å²) in [5, 5.41) is 3.16. The van der Waals surface area contributed by atoms with Crippen molar-refractivity contribution in [2.45, 2.75) is 6.54 Å². The summed E-state index contributed by atoms with van der Waals surface area (Å²) < 4.78 is 14.1. The molecule has 25 heavy (non-hydrogen) atoms. The lowest BCUT2D eigenvalue weighted by molar-refractivity contribution is -0.116. The highest BCUT2D eigenvalue weighted by Gasteiger charge is 2.08. The highest BCUT2D eigenvalue weighted by Crippen LogP contribution is 2.16. The van der Waals surface area contributed by atoms with Gasteiger partial charge < -0.3 is 5.32 Å². The van der Waals surface area contributed by atoms with Crippen LogP contribution in [0.25, 0.3) is 11.3 Å². The van der Waals surface area contributed by atoms with Gasteiger partial charge in [0.25, 0.3) is 5.56 Å². The number of carbonyl (C=O) groups is 1. The molecule has 0 fully saturated rings. The summed E-state index contributed by atoms with van der Waals surface area (Å²) in [6, 6.07) is 13.7. The summed E-state index contributed by atoms with van der Waals surface area (Å²) in [6.45, 7) is -0.179. The SMILES string of the molecule is O=C(Cn1cnc(-c2ccc(F)cc2)cc1=O)Nc1cccc(Cl)c1. The van der Waals surface area contributed by atoms with E-state index in [1.807, 2.05) is 0 Å². The molecule has 1 N–H and O–H groups in total. The molecule has 5 nitrogen and oxygen atoms in total. The molecule has 0 aliphatic carbocycles. The Bertz CT molecular complexity index is 971. The van der Waals surface area contributed by atoms with Crippen LogP contribution in [-0.2, 0) is 11.3 Å². The highest BCUT2D eigenvalue weighted by atomic mass is 35.5. The van der Waals surface area contributed by atoms with Gasteiger partial charge in [0.15, 0.2) is 0 Å². The number of benzene rings is 2. The Morgan fingerprint density at radius 1 is 1.16 bits per heavy atom. The third-order valence-corrected chi connectivity index (χ3v) is 3.68. The summed E-state index contributed by atoms with van der Waals surface area (Å²) in [7, 11) is 0. The van der Waals surface area contributed by atoms with Gasteiger partial charge in [-0.25, -0.2) is 9.37 Å². The van der Waals surface area contributed by atoms with E-state index in [1.54, 1.807) is 24.3 Å². The Labute approximate surface area is 147 Å². The topological polar surface area (TPSA) is 64.0 Å². The Kier molecular flexibility index (Phi) is 4.90. The van der Waals surface area contributed by atoms with Crippen LogP contribution in [0, 0.1) is 5.82 Å². The molecule has 0 aliphatic rings. The van der Waals surface area contributed by atoms with Gasteiger partial charge >= 0.3 is 0 Å². The fraction of sp³-hybridized carbons (Fsp3) is 0.0556. The zero-order valence-corrected chi connectivity index (χ0v) is 13.7. The number of hydrogen-bond acceptors (Lipinski definition) is 3. The van der Waals surface area contributed by atoms with Crippen molar-refractivity contribution in [1.82, 2.24) is 9.55 Å². The smallest absolute Gasteiger partial charge is 0.254 e. The largest absolute Gasteiger partial charge is 0.324 e. The van der Waals surface area contributed by atoms with Gasteiger partial charge in [0.1, 0.15) is 12.4 Å². The second kappa shape index (κ2) is 7.27. The van der Waals surface area contributed by atoms with Crippen LogP contribution in [0.3, 0.4) is 0 Å². The lowest BCUT2D eigenvalue weighted by Gasteiger charge is -2.08. The van der Waals surface area contributed by atoms with E-state index in [9.17, 15) is 14.0 Å². The van der Waals surface area contributed by atoms with E-state index < -0.39 is 0 Å². The van der Waals surface area contributed by atoms with Crippen molar-refractivity contribution in [2.75, 3.05) is 5.32 Å². The monoisotopic (exact) mass is 357 g/mol. The standard InChI is InChI=1S/C18H13ClFN3O2/c19-13-2-1-3-15(8-13)22-17(24)10-23-11-21-16(9-18(23)25)12-4-6-14(20)7-5-12/h1-9,11H,10H2,(H,22,24). The average molecular weight is 358 g/mol. The molecule has 0 unspecified atom stereocenters. The zero-order chi connectivity index (χ0) is 17.8. The zero-order valence-electron chi connectivity index (χ0n) is 12.9. The van der Waals surface area contributed by atoms with Crippen LogP contribution in [-0.4, -0.2) is 15.5 Å². The molecule has 0 atom stereocenters. The number of nitrogens with one attached hydrogen (secondary N) is 1. The van der Waals surface area contributed by atoms with Crippen LogP contribution >= 0.6 is 11.6 Å². The maximum atomic E-state index is 13.0. The molecule has 1 heterocycles. The van der Waals surface area contributed by atoms with Gasteiger partial charge in [0, 0.05) is 22.3 Å². The molecule has 3 rings (SSSR count). The molecule has 0 spiro atoms. The molecule has 0 saturated heterocycles. The Hall–Kier alpha value is -2.99. The van der Waals surface area contributed by atoms with Crippen molar-refractivity contribution in [1.29, 1.82) is 0 Å². The number of anilines is 1. The lowest BCUT2D eigenvalue weighted by Crippen LogP contribution is -2.27. The molecule has 0 bridgehead atoms. The maximum absolute atomic E-state index is 13.0. The second-order valence-electron chi connectivity index (χ2n) is 5.31. The van der Waals surface area contributed by atoms with E-state index in [2.05, 4.69) is 10.3 Å². The van der Waals surface area contributed by atoms with Crippen molar-refractivity contribution in [3.8, 4) is 11.3 Å². The van der Waals surface area contributed by atoms with E-state index in [1.165, 1.54) is 41.2 Å². The summed E-state index contributed by atoms with van der Waals surface area (Å²) in [5.74, 6) is -0.740. The molecule has 1 amide bonds. The van der Waals surface area contributed by atoms with Crippen molar-refractivity contribution >= 4 is 23.2 Å². The van der Waals surface area contributed by atoms with E-state index in [4.69, 9.17) is 11.6 Å². The molecular weight excluding hydrogens is 345 g/mol. The van der Waals surface area contributed by atoms with Gasteiger partial charge in [-0.2, -0.15) is 0 Å². The molecular formula is C18H13ClFN3O2. The number of halogens is 2. The molecule has 126 valence electrons. The van der Waals surface area contributed by atoms with Crippen LogP contribution in [0.1, 0.15) is 0 Å². The fourth-order valence-electron chi connectivity index (χ4n) is 2.24. The summed E-state index contributed by atoms with van der Waals surface area (Å²) in [5.41, 5.74) is 1.20. The third kappa shape index (κ3) is 4.30. The van der Waals surface area contributed by atoms with Gasteiger partial charge in [0.2, 0.25) is 5.91 Å². The van der Waals surface area contributed by atoms with Crippen LogP contribution in [0.2, 0.25) is 5.02 Å². The molecule has 0 aliphatic heterocycles. The van der Waals surface area contributed by atoms with E-state index in [-0.39, 0.29) is 23.8 Å². The molecule has 0 saturated carbocycles. The third-order valence-electron chi connectivity index (χ3n) is 3.44. The van der Waals surface area contributed by atoms with Crippen LogP contribution < -0.4 is 10.9 Å². The van der Waals surface area contributed by atoms with Crippen LogP contribution in [0.4, 0.5) is 10.1 Å². The van der Waals surface area contributed by atoms with Gasteiger partial charge in [-0.1, -0.05) is 17.7 Å². The minimum Gasteiger partial charge on any atom is -0.324 e. The first-order valence-corrected chi connectivity index (χ1v) is 7.77. The first-order valence-electron chi connectivity index (χ1n) is 7.39. The van der Waals surface area contributed by atoms with E-state index in [0.717, 1.165) is 0 Å². The van der Waals surface area contributed by atoms with Gasteiger partial charge in [-0.05, 0) is 42.5 Å². The fourth-order valence-corrected chi connectivity index (χ4v) is 2.43. The normalized spacial score (nSPS) is 10.5. The number of rotatable bonds is 4. The predicted octanol–water partition coefficient (Wildman–Crippen LogP) is 3.34. The van der Waals surface area contributed by atoms with Crippen molar-refractivity contribution in [3.63, 3.8) is 0 Å². The molecule has 7 heteroatoms. The number of amides is 1. The van der Waals surface area contributed by atoms with Crippen molar-refractivity contribution in [2.24, 2.45) is 0 Å². The second-order valence-corrected chi connectivity index (χ2v) is 5.74. The minimum atomic E-state index is -0.379. The summed E-state index contributed by atoms with van der Waals surface area (Å²) in [6.07, 6.45) is 1.29. The highest BCUT2D eigenvalue weighted by molar-refractivity contribution is 6.30. The van der Waals surface area contributed by atoms with Gasteiger partial charge in [-0.15, -0.1) is 0 Å². The van der Waals surface area contributed by atoms with Crippen molar-refractivity contribution < 1.29 is 9.18 Å². The van der Waals surface area contributed by atoms with Gasteiger partial charge in [0.05, 0.1) is 12.0 Å². The first-order chi connectivity index (χ1) is 12.0. The Morgan fingerprint density at radius 3 is 2.60 bits per heavy atom. The lowest BCUT2D eigenvalue weighted by atomic mass is 10.1. The molecule has 1 aromatic heterocycles. The van der Waals surface area contributed by atoms with E-state index in [0.29, 0.717) is 22.0 Å². The van der Waals surface area contributed by atoms with Crippen LogP contribution in [0.5, 0.6) is 0 Å². The maximum Gasteiger partial charge on any atom is 0.254 e. The summed E-state index contributed by atoms with van der Waals surface area (Å²) >= 11 is 5.86. The first kappa shape index (κ1) is 16.9. The number of aromatic nitrogens is 2. The summed E-state index contributed by atoms with van der Waals surface area (Å²) in [4.78, 5) is 28.4. The Balaban J connectivity index is 1.74. The van der Waals surface area contributed by atoms with Gasteiger partial charge in [-0.3, -0.25) is 14.2 Å². The Morgan fingerprint density at radius 2 is 1.92 bits per heavy atom. The quantitative estimate of drug-likeness (QED) is 0.778. The minimum absolute atomic E-state index is 0.179. The number of carbonyl (C=O) groups excluding carboxylic acids is 1. The molecule has 3 aromatic rings. The van der Waals surface area contributed by atoms with Crippen LogP contribution in [0.15, 0.2) is 65.7 Å². The van der Waals surface area contributed by atoms with Crippen molar-refractivity contribution in [3.05, 3.63) is 82.1 Å². The predicted molar refractivity (Wildman–Crippen MR) is 94.0 cm³/mol. The molecule has 0 radical (unpaired) electrons.